The smallest absolute Gasteiger partial charge is 0.191 e. The van der Waals surface area contributed by atoms with Crippen molar-refractivity contribution in [2.24, 2.45) is 4.99 Å². The largest absolute Gasteiger partial charge is 0.490 e. The Morgan fingerprint density at radius 2 is 2.21 bits per heavy atom. The molecule has 0 heterocycles. The molecule has 0 aliphatic heterocycles. The van der Waals surface area contributed by atoms with Crippen molar-refractivity contribution in [3.8, 4) is 5.75 Å². The van der Waals surface area contributed by atoms with E-state index in [2.05, 4.69) is 22.5 Å². The standard InChI is InChI=1S/C14H20ClN3O/c1-2-16-14(18-11-7-8-11)17-9-10-19-13-6-4-3-5-12(13)15/h3-6,11H,2,7-10H2,1H3,(H2,16,17,18). The lowest BCUT2D eigenvalue weighted by molar-refractivity contribution is 0.328. The van der Waals surface area contributed by atoms with Gasteiger partial charge < -0.3 is 15.4 Å². The minimum absolute atomic E-state index is 0.519. The van der Waals surface area contributed by atoms with Crippen molar-refractivity contribution in [2.75, 3.05) is 19.7 Å². The average Bonchev–Trinajstić information content (AvgIpc) is 3.20. The van der Waals surface area contributed by atoms with Gasteiger partial charge in [-0.05, 0) is 31.9 Å². The highest BCUT2D eigenvalue weighted by molar-refractivity contribution is 6.32. The fraction of sp³-hybridized carbons (Fsp3) is 0.500. The van der Waals surface area contributed by atoms with Gasteiger partial charge in [0.05, 0.1) is 11.6 Å². The number of halogens is 1. The van der Waals surface area contributed by atoms with Gasteiger partial charge in [0, 0.05) is 12.6 Å². The molecule has 0 atom stereocenters. The Labute approximate surface area is 119 Å². The van der Waals surface area contributed by atoms with Crippen LogP contribution >= 0.6 is 11.6 Å². The molecule has 0 unspecified atom stereocenters. The van der Waals surface area contributed by atoms with E-state index in [-0.39, 0.29) is 0 Å². The number of para-hydroxylation sites is 1. The number of nitrogens with zero attached hydrogens (tertiary/aromatic N) is 1. The van der Waals surface area contributed by atoms with Crippen LogP contribution in [0.4, 0.5) is 0 Å². The Morgan fingerprint density at radius 1 is 1.42 bits per heavy atom. The number of guanidine groups is 1. The Morgan fingerprint density at radius 3 is 2.89 bits per heavy atom. The summed E-state index contributed by atoms with van der Waals surface area (Å²) in [5.74, 6) is 1.58. The van der Waals surface area contributed by atoms with E-state index < -0.39 is 0 Å². The molecule has 0 bridgehead atoms. The highest BCUT2D eigenvalue weighted by Crippen LogP contribution is 2.22. The van der Waals surface area contributed by atoms with Crippen LogP contribution in [0.2, 0.25) is 5.02 Å². The molecule has 2 N–H and O–H groups in total. The second-order valence-corrected chi connectivity index (χ2v) is 4.87. The number of aliphatic imine (C=N–C) groups is 1. The van der Waals surface area contributed by atoms with Crippen LogP contribution in [0.3, 0.4) is 0 Å². The first-order valence-corrected chi connectivity index (χ1v) is 7.09. The second-order valence-electron chi connectivity index (χ2n) is 4.46. The van der Waals surface area contributed by atoms with Gasteiger partial charge in [-0.2, -0.15) is 0 Å². The van der Waals surface area contributed by atoms with E-state index in [4.69, 9.17) is 16.3 Å². The second kappa shape index (κ2) is 7.24. The molecule has 0 aromatic heterocycles. The van der Waals surface area contributed by atoms with E-state index >= 15 is 0 Å². The minimum Gasteiger partial charge on any atom is -0.490 e. The lowest BCUT2D eigenvalue weighted by Gasteiger charge is -2.10. The zero-order chi connectivity index (χ0) is 13.5. The van der Waals surface area contributed by atoms with Gasteiger partial charge in [-0.15, -0.1) is 0 Å². The SMILES string of the molecule is CCNC(=NCCOc1ccccc1Cl)NC1CC1. The summed E-state index contributed by atoms with van der Waals surface area (Å²) < 4.78 is 5.59. The van der Waals surface area contributed by atoms with Gasteiger partial charge in [-0.3, -0.25) is 0 Å². The number of benzene rings is 1. The number of nitrogens with one attached hydrogen (secondary N) is 2. The molecule has 2 rings (SSSR count). The monoisotopic (exact) mass is 281 g/mol. The van der Waals surface area contributed by atoms with E-state index in [9.17, 15) is 0 Å². The molecule has 1 aliphatic rings. The number of rotatable bonds is 6. The van der Waals surface area contributed by atoms with Gasteiger partial charge in [-0.1, -0.05) is 23.7 Å². The molecule has 0 amide bonds. The lowest BCUT2D eigenvalue weighted by Crippen LogP contribution is -2.38. The Hall–Kier alpha value is -1.42. The molecule has 5 heteroatoms. The van der Waals surface area contributed by atoms with Crippen LogP contribution in [0.15, 0.2) is 29.3 Å². The van der Waals surface area contributed by atoms with Crippen molar-refractivity contribution in [2.45, 2.75) is 25.8 Å². The maximum absolute atomic E-state index is 6.01. The fourth-order valence-electron chi connectivity index (χ4n) is 1.62. The van der Waals surface area contributed by atoms with E-state index in [1.807, 2.05) is 24.3 Å². The Balaban J connectivity index is 1.75. The molecule has 19 heavy (non-hydrogen) atoms. The third-order valence-electron chi connectivity index (χ3n) is 2.72. The van der Waals surface area contributed by atoms with Gasteiger partial charge in [0.2, 0.25) is 0 Å². The molecular weight excluding hydrogens is 262 g/mol. The number of ether oxygens (including phenoxy) is 1. The maximum Gasteiger partial charge on any atom is 0.191 e. The van der Waals surface area contributed by atoms with Crippen molar-refractivity contribution in [1.29, 1.82) is 0 Å². The van der Waals surface area contributed by atoms with Gasteiger partial charge in [0.15, 0.2) is 5.96 Å². The summed E-state index contributed by atoms with van der Waals surface area (Å²) in [6.07, 6.45) is 2.47. The minimum atomic E-state index is 0.519. The van der Waals surface area contributed by atoms with Gasteiger partial charge in [-0.25, -0.2) is 4.99 Å². The van der Waals surface area contributed by atoms with Crippen molar-refractivity contribution < 1.29 is 4.74 Å². The molecule has 104 valence electrons. The summed E-state index contributed by atoms with van der Waals surface area (Å²) in [7, 11) is 0. The topological polar surface area (TPSA) is 45.7 Å². The molecule has 4 nitrogen and oxygen atoms in total. The van der Waals surface area contributed by atoms with Crippen LogP contribution in [-0.2, 0) is 0 Å². The van der Waals surface area contributed by atoms with E-state index in [1.54, 1.807) is 0 Å². The number of hydrogen-bond acceptors (Lipinski definition) is 2. The first kappa shape index (κ1) is 14.0. The number of hydrogen-bond donors (Lipinski definition) is 2. The van der Waals surface area contributed by atoms with Gasteiger partial charge in [0.25, 0.3) is 0 Å². The molecule has 0 radical (unpaired) electrons. The summed E-state index contributed by atoms with van der Waals surface area (Å²) in [4.78, 5) is 4.46. The zero-order valence-electron chi connectivity index (χ0n) is 11.2. The first-order valence-electron chi connectivity index (χ1n) is 6.71. The van der Waals surface area contributed by atoms with Crippen molar-refractivity contribution in [3.05, 3.63) is 29.3 Å². The highest BCUT2D eigenvalue weighted by atomic mass is 35.5. The molecule has 1 aromatic rings. The molecule has 1 aromatic carbocycles. The third-order valence-corrected chi connectivity index (χ3v) is 3.03. The van der Waals surface area contributed by atoms with Crippen molar-refractivity contribution in [1.82, 2.24) is 10.6 Å². The van der Waals surface area contributed by atoms with Crippen LogP contribution in [-0.4, -0.2) is 31.7 Å². The predicted octanol–water partition coefficient (Wildman–Crippen LogP) is 2.44. The quantitative estimate of drug-likeness (QED) is 0.478. The van der Waals surface area contributed by atoms with E-state index in [0.717, 1.165) is 12.5 Å². The van der Waals surface area contributed by atoms with Gasteiger partial charge >= 0.3 is 0 Å². The van der Waals surface area contributed by atoms with E-state index in [0.29, 0.717) is 30.0 Å². The summed E-state index contributed by atoms with van der Waals surface area (Å²) in [6.45, 7) is 4.05. The molecule has 1 aliphatic carbocycles. The van der Waals surface area contributed by atoms with Crippen molar-refractivity contribution in [3.63, 3.8) is 0 Å². The highest BCUT2D eigenvalue weighted by Gasteiger charge is 2.21. The molecule has 1 fully saturated rings. The van der Waals surface area contributed by atoms with Crippen LogP contribution in [0.1, 0.15) is 19.8 Å². The lowest BCUT2D eigenvalue weighted by atomic mass is 10.3. The Bertz CT molecular complexity index is 432. The molecule has 0 spiro atoms. The van der Waals surface area contributed by atoms with Crippen molar-refractivity contribution >= 4 is 17.6 Å². The van der Waals surface area contributed by atoms with E-state index in [1.165, 1.54) is 12.8 Å². The maximum atomic E-state index is 6.01. The average molecular weight is 282 g/mol. The first-order chi connectivity index (χ1) is 9.29. The summed E-state index contributed by atoms with van der Waals surface area (Å²) in [5, 5.41) is 7.21. The van der Waals surface area contributed by atoms with Crippen LogP contribution in [0, 0.1) is 0 Å². The van der Waals surface area contributed by atoms with Crippen LogP contribution in [0.25, 0.3) is 0 Å². The van der Waals surface area contributed by atoms with Crippen LogP contribution < -0.4 is 15.4 Å². The normalized spacial score (nSPS) is 15.2. The molecular formula is C14H20ClN3O. The summed E-state index contributed by atoms with van der Waals surface area (Å²) in [5.41, 5.74) is 0. The fourth-order valence-corrected chi connectivity index (χ4v) is 1.81. The summed E-state index contributed by atoms with van der Waals surface area (Å²) >= 11 is 6.01. The van der Waals surface area contributed by atoms with Gasteiger partial charge in [0.1, 0.15) is 12.4 Å². The predicted molar refractivity (Wildman–Crippen MR) is 79.1 cm³/mol. The third kappa shape index (κ3) is 4.99. The molecule has 1 saturated carbocycles. The van der Waals surface area contributed by atoms with Crippen LogP contribution in [0.5, 0.6) is 5.75 Å². The molecule has 0 saturated heterocycles. The summed E-state index contributed by atoms with van der Waals surface area (Å²) in [6, 6.07) is 8.07. The Kier molecular flexibility index (Phi) is 5.33. The zero-order valence-corrected chi connectivity index (χ0v) is 11.9.